The van der Waals surface area contributed by atoms with E-state index < -0.39 is 10.0 Å². The summed E-state index contributed by atoms with van der Waals surface area (Å²) in [5, 5.41) is 0. The van der Waals surface area contributed by atoms with Gasteiger partial charge in [-0.25, -0.2) is 8.42 Å². The Morgan fingerprint density at radius 2 is 1.76 bits per heavy atom. The lowest BCUT2D eigenvalue weighted by molar-refractivity contribution is 0.0977. The molecule has 0 radical (unpaired) electrons. The molecule has 0 aliphatic heterocycles. The molecule has 2 aromatic rings. The van der Waals surface area contributed by atoms with E-state index in [1.165, 1.54) is 12.1 Å². The van der Waals surface area contributed by atoms with Gasteiger partial charge >= 0.3 is 0 Å². The number of Topliss-reactive ketones (excluding diaryl/α,β-unsaturated/α-hetero) is 1. The van der Waals surface area contributed by atoms with E-state index in [4.69, 9.17) is 0 Å². The van der Waals surface area contributed by atoms with E-state index in [1.54, 1.807) is 36.4 Å². The number of hydrogen-bond donors (Lipinski definition) is 1. The van der Waals surface area contributed by atoms with Crippen molar-refractivity contribution in [3.63, 3.8) is 0 Å². The first kappa shape index (κ1) is 19.1. The summed E-state index contributed by atoms with van der Waals surface area (Å²) >= 11 is 0. The first-order valence-electron chi connectivity index (χ1n) is 8.16. The summed E-state index contributed by atoms with van der Waals surface area (Å²) in [6.45, 7) is 2.65. The highest BCUT2D eigenvalue weighted by Gasteiger charge is 2.16. The quantitative estimate of drug-likeness (QED) is 0.734. The molecule has 0 heterocycles. The van der Waals surface area contributed by atoms with Crippen LogP contribution < -0.4 is 4.72 Å². The minimum atomic E-state index is -3.67. The van der Waals surface area contributed by atoms with Crippen molar-refractivity contribution in [3.8, 4) is 0 Å². The van der Waals surface area contributed by atoms with Gasteiger partial charge < -0.3 is 4.90 Å². The molecule has 0 amide bonds. The Bertz CT molecular complexity index is 831. The normalized spacial score (nSPS) is 11.5. The molecule has 6 heteroatoms. The van der Waals surface area contributed by atoms with Crippen molar-refractivity contribution in [3.05, 3.63) is 59.7 Å². The highest BCUT2D eigenvalue weighted by atomic mass is 32.2. The molecule has 0 fully saturated rings. The number of hydrogen-bond acceptors (Lipinski definition) is 4. The minimum Gasteiger partial charge on any atom is -0.309 e. The molecule has 0 aliphatic rings. The number of anilines is 1. The first-order chi connectivity index (χ1) is 11.8. The fourth-order valence-corrected chi connectivity index (χ4v) is 3.55. The lowest BCUT2D eigenvalue weighted by Crippen LogP contribution is -2.15. The zero-order valence-corrected chi connectivity index (χ0v) is 15.6. The molecule has 1 N–H and O–H groups in total. The molecule has 0 aliphatic carbocycles. The standard InChI is InChI=1S/C19H24N2O3S/c1-15-11-12-16(19(22)10-7-13-21(2)3)14-18(15)20-25(23,24)17-8-5-4-6-9-17/h4-6,8-9,11-12,14,20H,7,10,13H2,1-3H3. The van der Waals surface area contributed by atoms with Gasteiger partial charge in [-0.05, 0) is 57.7 Å². The number of nitrogens with one attached hydrogen (secondary N) is 1. The Morgan fingerprint density at radius 3 is 2.40 bits per heavy atom. The van der Waals surface area contributed by atoms with Gasteiger partial charge in [0, 0.05) is 12.0 Å². The van der Waals surface area contributed by atoms with Gasteiger partial charge in [0.25, 0.3) is 10.0 Å². The van der Waals surface area contributed by atoms with E-state index in [-0.39, 0.29) is 10.7 Å². The molecule has 5 nitrogen and oxygen atoms in total. The Balaban J connectivity index is 2.18. The minimum absolute atomic E-state index is 0.0157. The zero-order valence-electron chi connectivity index (χ0n) is 14.8. The molecule has 0 aromatic heterocycles. The third-order valence-electron chi connectivity index (χ3n) is 3.87. The van der Waals surface area contributed by atoms with Crippen molar-refractivity contribution in [2.24, 2.45) is 0 Å². The van der Waals surface area contributed by atoms with Gasteiger partial charge in [-0.15, -0.1) is 0 Å². The topological polar surface area (TPSA) is 66.5 Å². The van der Waals surface area contributed by atoms with Crippen LogP contribution in [-0.2, 0) is 10.0 Å². The Hall–Kier alpha value is -2.18. The summed E-state index contributed by atoms with van der Waals surface area (Å²) in [5.41, 5.74) is 1.72. The third-order valence-corrected chi connectivity index (χ3v) is 5.25. The van der Waals surface area contributed by atoms with Gasteiger partial charge in [-0.3, -0.25) is 9.52 Å². The Morgan fingerprint density at radius 1 is 1.08 bits per heavy atom. The van der Waals surface area contributed by atoms with Crippen LogP contribution in [0.2, 0.25) is 0 Å². The van der Waals surface area contributed by atoms with Gasteiger partial charge in [-0.1, -0.05) is 30.3 Å². The van der Waals surface area contributed by atoms with Gasteiger partial charge in [0.2, 0.25) is 0 Å². The van der Waals surface area contributed by atoms with E-state index in [2.05, 4.69) is 4.72 Å². The van der Waals surface area contributed by atoms with Crippen LogP contribution in [0.4, 0.5) is 5.69 Å². The van der Waals surface area contributed by atoms with Crippen LogP contribution in [0, 0.1) is 6.92 Å². The van der Waals surface area contributed by atoms with Gasteiger partial charge in [0.1, 0.15) is 0 Å². The molecule has 0 saturated heterocycles. The van der Waals surface area contributed by atoms with Crippen LogP contribution in [-0.4, -0.2) is 39.7 Å². The van der Waals surface area contributed by atoms with Crippen molar-refractivity contribution in [1.29, 1.82) is 0 Å². The SMILES string of the molecule is Cc1ccc(C(=O)CCCN(C)C)cc1NS(=O)(=O)c1ccccc1. The molecule has 0 atom stereocenters. The number of rotatable bonds is 8. The molecule has 134 valence electrons. The smallest absolute Gasteiger partial charge is 0.261 e. The van der Waals surface area contributed by atoms with Crippen molar-refractivity contribution >= 4 is 21.5 Å². The number of benzene rings is 2. The second-order valence-electron chi connectivity index (χ2n) is 6.28. The highest BCUT2D eigenvalue weighted by Crippen LogP contribution is 2.22. The average Bonchev–Trinajstić information content (AvgIpc) is 2.57. The maximum atomic E-state index is 12.5. The van der Waals surface area contributed by atoms with E-state index >= 15 is 0 Å². The highest BCUT2D eigenvalue weighted by molar-refractivity contribution is 7.92. The third kappa shape index (κ3) is 5.41. The number of nitrogens with zero attached hydrogens (tertiary/aromatic N) is 1. The summed E-state index contributed by atoms with van der Waals surface area (Å²) in [6.07, 6.45) is 1.21. The second-order valence-corrected chi connectivity index (χ2v) is 7.96. The number of carbonyl (C=O) groups excluding carboxylic acids is 1. The van der Waals surface area contributed by atoms with Crippen LogP contribution in [0.3, 0.4) is 0 Å². The Labute approximate surface area is 149 Å². The van der Waals surface area contributed by atoms with Crippen molar-refractivity contribution in [2.75, 3.05) is 25.4 Å². The van der Waals surface area contributed by atoms with E-state index in [0.717, 1.165) is 18.5 Å². The fourth-order valence-electron chi connectivity index (χ4n) is 2.41. The molecular formula is C19H24N2O3S. The number of sulfonamides is 1. The monoisotopic (exact) mass is 360 g/mol. The second kappa shape index (κ2) is 8.27. The lowest BCUT2D eigenvalue weighted by Gasteiger charge is -2.12. The van der Waals surface area contributed by atoms with Crippen LogP contribution in [0.25, 0.3) is 0 Å². The maximum Gasteiger partial charge on any atom is 0.261 e. The molecule has 0 saturated carbocycles. The number of carbonyl (C=O) groups is 1. The summed E-state index contributed by atoms with van der Waals surface area (Å²) < 4.78 is 27.5. The number of aryl methyl sites for hydroxylation is 1. The predicted octanol–water partition coefficient (Wildman–Crippen LogP) is 3.32. The van der Waals surface area contributed by atoms with Crippen molar-refractivity contribution in [1.82, 2.24) is 4.90 Å². The summed E-state index contributed by atoms with van der Waals surface area (Å²) in [5.74, 6) is 0.0157. The molecular weight excluding hydrogens is 336 g/mol. The van der Waals surface area contributed by atoms with Crippen molar-refractivity contribution < 1.29 is 13.2 Å². The van der Waals surface area contributed by atoms with Gasteiger partial charge in [0.05, 0.1) is 10.6 Å². The zero-order chi connectivity index (χ0) is 18.4. The van der Waals surface area contributed by atoms with Crippen LogP contribution >= 0.6 is 0 Å². The summed E-state index contributed by atoms with van der Waals surface area (Å²) in [7, 11) is 0.256. The first-order valence-corrected chi connectivity index (χ1v) is 9.64. The Kier molecular flexibility index (Phi) is 6.33. The van der Waals surface area contributed by atoms with Crippen LogP contribution in [0.5, 0.6) is 0 Å². The van der Waals surface area contributed by atoms with Gasteiger partial charge in [0.15, 0.2) is 5.78 Å². The maximum absolute atomic E-state index is 12.5. The molecule has 2 rings (SSSR count). The van der Waals surface area contributed by atoms with Crippen LogP contribution in [0.1, 0.15) is 28.8 Å². The molecule has 0 unspecified atom stereocenters. The average molecular weight is 360 g/mol. The summed E-state index contributed by atoms with van der Waals surface area (Å²) in [6, 6.07) is 13.3. The van der Waals surface area contributed by atoms with Crippen LogP contribution in [0.15, 0.2) is 53.4 Å². The largest absolute Gasteiger partial charge is 0.309 e. The number of ketones is 1. The van der Waals surface area contributed by atoms with Gasteiger partial charge in [-0.2, -0.15) is 0 Å². The lowest BCUT2D eigenvalue weighted by atomic mass is 10.0. The molecule has 0 spiro atoms. The molecule has 2 aromatic carbocycles. The predicted molar refractivity (Wildman–Crippen MR) is 101 cm³/mol. The molecule has 0 bridgehead atoms. The van der Waals surface area contributed by atoms with E-state index in [1.807, 2.05) is 25.9 Å². The van der Waals surface area contributed by atoms with E-state index in [0.29, 0.717) is 17.7 Å². The van der Waals surface area contributed by atoms with E-state index in [9.17, 15) is 13.2 Å². The fraction of sp³-hybridized carbons (Fsp3) is 0.316. The van der Waals surface area contributed by atoms with Crippen molar-refractivity contribution in [2.45, 2.75) is 24.7 Å². The molecule has 25 heavy (non-hydrogen) atoms. The summed E-state index contributed by atoms with van der Waals surface area (Å²) in [4.78, 5) is 14.6.